The van der Waals surface area contributed by atoms with Gasteiger partial charge in [-0.2, -0.15) is 0 Å². The van der Waals surface area contributed by atoms with Crippen LogP contribution < -0.4 is 5.32 Å². The highest BCUT2D eigenvalue weighted by atomic mass is 32.1. The number of nitrogens with zero attached hydrogens (tertiary/aromatic N) is 1. The van der Waals surface area contributed by atoms with Crippen LogP contribution in [0.25, 0.3) is 0 Å². The second-order valence-corrected chi connectivity index (χ2v) is 15.6. The Hall–Kier alpha value is -1.03. The number of thiocarbonyl (C=S) groups is 1. The minimum Gasteiger partial charge on any atom is -0.470 e. The lowest BCUT2D eigenvalue weighted by Crippen LogP contribution is -2.38. The number of nitrogens with one attached hydrogen (secondary N) is 1. The van der Waals surface area contributed by atoms with Crippen LogP contribution in [0.5, 0.6) is 0 Å². The Bertz CT molecular complexity index is 793. The van der Waals surface area contributed by atoms with Crippen molar-refractivity contribution in [1.82, 2.24) is 10.2 Å². The van der Waals surface area contributed by atoms with Crippen molar-refractivity contribution in [2.45, 2.75) is 200 Å². The Morgan fingerprint density at radius 3 is 1.39 bits per heavy atom. The van der Waals surface area contributed by atoms with Gasteiger partial charge in [0, 0.05) is 39.4 Å². The van der Waals surface area contributed by atoms with Gasteiger partial charge in [0.25, 0.3) is 5.17 Å². The van der Waals surface area contributed by atoms with Crippen LogP contribution in [0.1, 0.15) is 194 Å². The molecule has 0 aliphatic rings. The van der Waals surface area contributed by atoms with Gasteiger partial charge in [0.15, 0.2) is 0 Å². The fraction of sp³-hybridized carbons (Fsp3) is 0.891. The van der Waals surface area contributed by atoms with Gasteiger partial charge in [0.2, 0.25) is 0 Å². The predicted octanol–water partition coefficient (Wildman–Crippen LogP) is 11.6. The molecule has 8 heteroatoms. The van der Waals surface area contributed by atoms with E-state index in [2.05, 4.69) is 43.5 Å². The molecule has 0 aliphatic heterocycles. The maximum absolute atomic E-state index is 9.22. The molecule has 3 N–H and O–H groups in total. The molecule has 0 aromatic heterocycles. The third-order valence-corrected chi connectivity index (χ3v) is 10.3. The zero-order chi connectivity index (χ0) is 39.3. The van der Waals surface area contributed by atoms with Crippen molar-refractivity contribution < 1.29 is 24.4 Å². The van der Waals surface area contributed by atoms with E-state index in [0.717, 1.165) is 26.1 Å². The number of allylic oxidation sites excluding steroid dienone is 4. The minimum absolute atomic E-state index is 0.0516. The van der Waals surface area contributed by atoms with Gasteiger partial charge < -0.3 is 29.7 Å². The molecule has 0 bridgehead atoms. The second-order valence-electron chi connectivity index (χ2n) is 15.2. The standard InChI is InChI=1S/C46H90N2O5S/c1-3-5-7-9-11-13-15-17-19-21-23-25-27-29-31-33-40-51-44-45(43-47-46(54)53-42-37-48(35-38-49)36-39-50)52-41-34-32-30-28-26-24-22-20-18-16-14-12-10-8-6-4-2/h17-20,45,49-50H,3-16,21-44H2,1-2H3,(H,47,54)/b19-17-,20-18-. The van der Waals surface area contributed by atoms with Crippen molar-refractivity contribution in [3.8, 4) is 0 Å². The first-order valence-corrected chi connectivity index (χ1v) is 23.4. The smallest absolute Gasteiger partial charge is 0.256 e. The maximum Gasteiger partial charge on any atom is 0.256 e. The molecule has 0 fully saturated rings. The Morgan fingerprint density at radius 1 is 0.537 bits per heavy atom. The van der Waals surface area contributed by atoms with Gasteiger partial charge in [-0.3, -0.25) is 4.90 Å². The van der Waals surface area contributed by atoms with E-state index >= 15 is 0 Å². The highest BCUT2D eigenvalue weighted by Gasteiger charge is 2.12. The van der Waals surface area contributed by atoms with Crippen LogP contribution in [0.4, 0.5) is 0 Å². The van der Waals surface area contributed by atoms with Crippen LogP contribution in [0.2, 0.25) is 0 Å². The summed E-state index contributed by atoms with van der Waals surface area (Å²) in [5.41, 5.74) is 0. The lowest BCUT2D eigenvalue weighted by molar-refractivity contribution is -0.0161. The van der Waals surface area contributed by atoms with Gasteiger partial charge in [-0.1, -0.05) is 154 Å². The Morgan fingerprint density at radius 2 is 0.944 bits per heavy atom. The number of aliphatic hydroxyl groups is 2. The molecule has 1 atom stereocenters. The molecule has 7 nitrogen and oxygen atoms in total. The summed E-state index contributed by atoms with van der Waals surface area (Å²) in [6, 6.07) is 0. The van der Waals surface area contributed by atoms with Crippen LogP contribution in [0, 0.1) is 0 Å². The summed E-state index contributed by atoms with van der Waals surface area (Å²) in [5.74, 6) is 0. The van der Waals surface area contributed by atoms with Gasteiger partial charge in [-0.05, 0) is 76.4 Å². The Labute approximate surface area is 340 Å². The summed E-state index contributed by atoms with van der Waals surface area (Å²) in [7, 11) is 0. The van der Waals surface area contributed by atoms with E-state index in [9.17, 15) is 10.2 Å². The maximum atomic E-state index is 9.22. The van der Waals surface area contributed by atoms with Crippen LogP contribution in [-0.4, -0.2) is 92.2 Å². The number of hydrogen-bond donors (Lipinski definition) is 3. The van der Waals surface area contributed by atoms with E-state index in [0.29, 0.717) is 44.6 Å². The molecule has 0 rings (SSSR count). The normalized spacial score (nSPS) is 12.5. The first-order chi connectivity index (χ1) is 26.7. The zero-order valence-electron chi connectivity index (χ0n) is 35.7. The van der Waals surface area contributed by atoms with Crippen LogP contribution >= 0.6 is 12.2 Å². The first-order valence-electron chi connectivity index (χ1n) is 23.0. The average Bonchev–Trinajstić information content (AvgIpc) is 3.17. The lowest BCUT2D eigenvalue weighted by atomic mass is 10.1. The lowest BCUT2D eigenvalue weighted by Gasteiger charge is -2.22. The fourth-order valence-electron chi connectivity index (χ4n) is 6.57. The van der Waals surface area contributed by atoms with Gasteiger partial charge in [-0.15, -0.1) is 0 Å². The van der Waals surface area contributed by atoms with E-state index in [-0.39, 0.29) is 19.3 Å². The molecule has 320 valence electrons. The van der Waals surface area contributed by atoms with E-state index < -0.39 is 0 Å². The quantitative estimate of drug-likeness (QED) is 0.0320. The molecule has 0 aromatic rings. The van der Waals surface area contributed by atoms with Crippen molar-refractivity contribution in [1.29, 1.82) is 0 Å². The number of hydrogen-bond acceptors (Lipinski definition) is 7. The fourth-order valence-corrected chi connectivity index (χ4v) is 6.73. The predicted molar refractivity (Wildman–Crippen MR) is 237 cm³/mol. The van der Waals surface area contributed by atoms with E-state index in [4.69, 9.17) is 26.4 Å². The van der Waals surface area contributed by atoms with Crippen LogP contribution in [0.3, 0.4) is 0 Å². The summed E-state index contributed by atoms with van der Waals surface area (Å²) in [4.78, 5) is 1.95. The van der Waals surface area contributed by atoms with Crippen molar-refractivity contribution in [3.63, 3.8) is 0 Å². The molecule has 1 unspecified atom stereocenters. The summed E-state index contributed by atoms with van der Waals surface area (Å²) in [6.45, 7) is 9.27. The molecule has 0 spiro atoms. The van der Waals surface area contributed by atoms with E-state index in [1.807, 2.05) is 4.90 Å². The van der Waals surface area contributed by atoms with Crippen molar-refractivity contribution in [3.05, 3.63) is 24.3 Å². The first kappa shape index (κ1) is 53.0. The second kappa shape index (κ2) is 46.4. The van der Waals surface area contributed by atoms with E-state index in [1.165, 1.54) is 167 Å². The van der Waals surface area contributed by atoms with Gasteiger partial charge in [0.05, 0.1) is 25.9 Å². The topological polar surface area (TPSA) is 83.4 Å². The van der Waals surface area contributed by atoms with Gasteiger partial charge in [0.1, 0.15) is 6.61 Å². The molecular formula is C46H90N2O5S. The molecule has 0 radical (unpaired) electrons. The van der Waals surface area contributed by atoms with Crippen LogP contribution in [0.15, 0.2) is 24.3 Å². The number of aliphatic hydroxyl groups excluding tert-OH is 2. The SMILES string of the molecule is CCCCCCCC/C=C\CCCCCCCCOCC(CNC(=S)OCCN(CCO)CCO)OCCCCCCCC/C=C\CCCCCCCC. The molecule has 54 heavy (non-hydrogen) atoms. The van der Waals surface area contributed by atoms with Gasteiger partial charge in [-0.25, -0.2) is 0 Å². The molecular weight excluding hydrogens is 693 g/mol. The molecule has 0 aliphatic carbocycles. The molecule has 0 saturated carbocycles. The third kappa shape index (κ3) is 42.1. The monoisotopic (exact) mass is 783 g/mol. The highest BCUT2D eigenvalue weighted by Crippen LogP contribution is 2.12. The largest absolute Gasteiger partial charge is 0.470 e. The number of unbranched alkanes of at least 4 members (excludes halogenated alkanes) is 24. The summed E-state index contributed by atoms with van der Waals surface area (Å²) in [5, 5.41) is 22.0. The van der Waals surface area contributed by atoms with Crippen molar-refractivity contribution in [2.24, 2.45) is 0 Å². The summed E-state index contributed by atoms with van der Waals surface area (Å²) in [6.07, 6.45) is 46.0. The summed E-state index contributed by atoms with van der Waals surface area (Å²) >= 11 is 5.42. The summed E-state index contributed by atoms with van der Waals surface area (Å²) < 4.78 is 18.1. The highest BCUT2D eigenvalue weighted by molar-refractivity contribution is 7.80. The number of rotatable bonds is 44. The Kier molecular flexibility index (Phi) is 45.5. The molecule has 0 heterocycles. The average molecular weight is 783 g/mol. The van der Waals surface area contributed by atoms with Crippen molar-refractivity contribution in [2.75, 3.05) is 65.8 Å². The van der Waals surface area contributed by atoms with E-state index in [1.54, 1.807) is 0 Å². The minimum atomic E-state index is -0.0796. The molecule has 0 saturated heterocycles. The molecule has 0 amide bonds. The number of ether oxygens (including phenoxy) is 3. The van der Waals surface area contributed by atoms with Crippen LogP contribution in [-0.2, 0) is 14.2 Å². The Balaban J connectivity index is 4.15. The van der Waals surface area contributed by atoms with Crippen molar-refractivity contribution >= 4 is 17.4 Å². The zero-order valence-corrected chi connectivity index (χ0v) is 36.5. The van der Waals surface area contributed by atoms with Gasteiger partial charge >= 0.3 is 0 Å². The molecule has 0 aromatic carbocycles. The third-order valence-electron chi connectivity index (χ3n) is 10.1.